The first-order valence-corrected chi connectivity index (χ1v) is 6.31. The zero-order chi connectivity index (χ0) is 14.0. The van der Waals surface area contributed by atoms with Gasteiger partial charge in [-0.25, -0.2) is 4.98 Å². The van der Waals surface area contributed by atoms with Crippen LogP contribution in [0.2, 0.25) is 5.15 Å². The van der Waals surface area contributed by atoms with Gasteiger partial charge < -0.3 is 15.5 Å². The minimum Gasteiger partial charge on any atom is -0.384 e. The molecule has 0 unspecified atom stereocenters. The standard InChI is InChI=1S/C12H15ClN4O2/c1-16-3-2-4-17(7-11(16)18)12(19)8-5-9(13)15-10(14)6-8/h5-6H,2-4,7H2,1H3,(H2,14,15). The van der Waals surface area contributed by atoms with E-state index in [1.807, 2.05) is 0 Å². The minimum atomic E-state index is -0.250. The number of halogens is 1. The number of carbonyl (C=O) groups excluding carboxylic acids is 2. The summed E-state index contributed by atoms with van der Waals surface area (Å²) in [6, 6.07) is 2.92. The van der Waals surface area contributed by atoms with Crippen molar-refractivity contribution in [2.75, 3.05) is 32.4 Å². The van der Waals surface area contributed by atoms with Gasteiger partial charge in [-0.1, -0.05) is 11.6 Å². The molecule has 1 aromatic heterocycles. The number of nitrogens with two attached hydrogens (primary N) is 1. The number of nitrogen functional groups attached to an aromatic ring is 1. The molecule has 1 saturated heterocycles. The molecule has 102 valence electrons. The molecule has 2 N–H and O–H groups in total. The van der Waals surface area contributed by atoms with E-state index in [0.29, 0.717) is 18.7 Å². The van der Waals surface area contributed by atoms with Gasteiger partial charge in [-0.3, -0.25) is 9.59 Å². The highest BCUT2D eigenvalue weighted by atomic mass is 35.5. The first-order valence-electron chi connectivity index (χ1n) is 5.93. The van der Waals surface area contributed by atoms with E-state index in [0.717, 1.165) is 6.42 Å². The first kappa shape index (κ1) is 13.6. The molecule has 1 aliphatic rings. The summed E-state index contributed by atoms with van der Waals surface area (Å²) in [6.45, 7) is 1.27. The smallest absolute Gasteiger partial charge is 0.254 e. The number of aromatic nitrogens is 1. The van der Waals surface area contributed by atoms with Gasteiger partial charge in [0.15, 0.2) is 0 Å². The van der Waals surface area contributed by atoms with Crippen LogP contribution >= 0.6 is 11.6 Å². The summed E-state index contributed by atoms with van der Waals surface area (Å²) in [5.41, 5.74) is 5.92. The SMILES string of the molecule is CN1CCCN(C(=O)c2cc(N)nc(Cl)c2)CC1=O. The quantitative estimate of drug-likeness (QED) is 0.766. The highest BCUT2D eigenvalue weighted by Gasteiger charge is 2.24. The van der Waals surface area contributed by atoms with Crippen molar-refractivity contribution in [3.63, 3.8) is 0 Å². The number of carbonyl (C=O) groups is 2. The van der Waals surface area contributed by atoms with Crippen molar-refractivity contribution < 1.29 is 9.59 Å². The van der Waals surface area contributed by atoms with E-state index in [-0.39, 0.29) is 29.3 Å². The van der Waals surface area contributed by atoms with Gasteiger partial charge in [0.05, 0.1) is 0 Å². The number of hydrogen-bond acceptors (Lipinski definition) is 4. The zero-order valence-corrected chi connectivity index (χ0v) is 11.4. The van der Waals surface area contributed by atoms with Gasteiger partial charge in [0.25, 0.3) is 5.91 Å². The molecule has 0 saturated carbocycles. The second kappa shape index (κ2) is 5.44. The molecular weight excluding hydrogens is 268 g/mol. The normalized spacial score (nSPS) is 16.4. The third-order valence-electron chi connectivity index (χ3n) is 3.02. The maximum absolute atomic E-state index is 12.3. The first-order chi connectivity index (χ1) is 8.97. The number of likely N-dealkylation sites (N-methyl/N-ethyl adjacent to an activating group) is 1. The van der Waals surface area contributed by atoms with Crippen molar-refractivity contribution in [3.05, 3.63) is 22.8 Å². The molecule has 2 amide bonds. The fraction of sp³-hybridized carbons (Fsp3) is 0.417. The Morgan fingerprint density at radius 2 is 2.16 bits per heavy atom. The molecular formula is C12H15ClN4O2. The fourth-order valence-electron chi connectivity index (χ4n) is 1.98. The predicted octanol–water partition coefficient (Wildman–Crippen LogP) is 0.622. The van der Waals surface area contributed by atoms with E-state index >= 15 is 0 Å². The molecule has 0 radical (unpaired) electrons. The number of pyridine rings is 1. The number of hydrogen-bond donors (Lipinski definition) is 1. The van der Waals surface area contributed by atoms with Crippen molar-refractivity contribution in [2.24, 2.45) is 0 Å². The highest BCUT2D eigenvalue weighted by molar-refractivity contribution is 6.29. The van der Waals surface area contributed by atoms with Crippen LogP contribution in [0.1, 0.15) is 16.8 Å². The van der Waals surface area contributed by atoms with Crippen molar-refractivity contribution in [1.82, 2.24) is 14.8 Å². The van der Waals surface area contributed by atoms with Crippen LogP contribution in [0.15, 0.2) is 12.1 Å². The summed E-state index contributed by atoms with van der Waals surface area (Å²) >= 11 is 5.78. The molecule has 0 aromatic carbocycles. The average Bonchev–Trinajstić information content (AvgIpc) is 2.50. The van der Waals surface area contributed by atoms with Crippen molar-refractivity contribution in [3.8, 4) is 0 Å². The van der Waals surface area contributed by atoms with Gasteiger partial charge >= 0.3 is 0 Å². The lowest BCUT2D eigenvalue weighted by Crippen LogP contribution is -2.38. The molecule has 0 spiro atoms. The van der Waals surface area contributed by atoms with Crippen LogP contribution in [0, 0.1) is 0 Å². The highest BCUT2D eigenvalue weighted by Crippen LogP contribution is 2.15. The van der Waals surface area contributed by atoms with Crippen molar-refractivity contribution in [1.29, 1.82) is 0 Å². The van der Waals surface area contributed by atoms with E-state index < -0.39 is 0 Å². The van der Waals surface area contributed by atoms with E-state index in [9.17, 15) is 9.59 Å². The molecule has 1 aliphatic heterocycles. The predicted molar refractivity (Wildman–Crippen MR) is 71.8 cm³/mol. The molecule has 0 bridgehead atoms. The Morgan fingerprint density at radius 3 is 2.84 bits per heavy atom. The Bertz CT molecular complexity index is 500. The van der Waals surface area contributed by atoms with Gasteiger partial charge in [-0.05, 0) is 18.6 Å². The van der Waals surface area contributed by atoms with Crippen LogP contribution in [0.25, 0.3) is 0 Å². The van der Waals surface area contributed by atoms with Gasteiger partial charge in [-0.15, -0.1) is 0 Å². The summed E-state index contributed by atoms with van der Waals surface area (Å²) in [5.74, 6) is -0.132. The lowest BCUT2D eigenvalue weighted by molar-refractivity contribution is -0.129. The van der Waals surface area contributed by atoms with E-state index in [2.05, 4.69) is 4.98 Å². The van der Waals surface area contributed by atoms with Crippen LogP contribution in [0.3, 0.4) is 0 Å². The lowest BCUT2D eigenvalue weighted by Gasteiger charge is -2.20. The van der Waals surface area contributed by atoms with Crippen LogP contribution < -0.4 is 5.73 Å². The van der Waals surface area contributed by atoms with Crippen LogP contribution in [0.4, 0.5) is 5.82 Å². The third kappa shape index (κ3) is 3.14. The van der Waals surface area contributed by atoms with Crippen LogP contribution in [-0.4, -0.2) is 53.3 Å². The van der Waals surface area contributed by atoms with Crippen molar-refractivity contribution >= 4 is 29.2 Å². The second-order valence-corrected chi connectivity index (χ2v) is 4.89. The molecule has 6 nitrogen and oxygen atoms in total. The van der Waals surface area contributed by atoms with Gasteiger partial charge in [0.1, 0.15) is 17.5 Å². The van der Waals surface area contributed by atoms with Gasteiger partial charge in [0.2, 0.25) is 5.91 Å². The minimum absolute atomic E-state index is 0.0704. The third-order valence-corrected chi connectivity index (χ3v) is 3.22. The van der Waals surface area contributed by atoms with Crippen LogP contribution in [-0.2, 0) is 4.79 Å². The van der Waals surface area contributed by atoms with Crippen molar-refractivity contribution in [2.45, 2.75) is 6.42 Å². The summed E-state index contributed by atoms with van der Waals surface area (Å²) in [7, 11) is 1.73. The Morgan fingerprint density at radius 1 is 1.42 bits per heavy atom. The molecule has 2 rings (SSSR count). The number of amides is 2. The summed E-state index contributed by atoms with van der Waals surface area (Å²) in [5, 5.41) is 0.168. The Hall–Kier alpha value is -1.82. The summed E-state index contributed by atoms with van der Waals surface area (Å²) in [6.07, 6.45) is 0.752. The average molecular weight is 283 g/mol. The van der Waals surface area contributed by atoms with Gasteiger partial charge in [-0.2, -0.15) is 0 Å². The fourth-order valence-corrected chi connectivity index (χ4v) is 2.20. The number of rotatable bonds is 1. The Kier molecular flexibility index (Phi) is 3.90. The molecule has 0 aliphatic carbocycles. The lowest BCUT2D eigenvalue weighted by atomic mass is 10.2. The topological polar surface area (TPSA) is 79.5 Å². The Balaban J connectivity index is 2.21. The largest absolute Gasteiger partial charge is 0.384 e. The Labute approximate surface area is 116 Å². The zero-order valence-electron chi connectivity index (χ0n) is 10.6. The van der Waals surface area contributed by atoms with E-state index in [4.69, 9.17) is 17.3 Å². The molecule has 2 heterocycles. The van der Waals surface area contributed by atoms with E-state index in [1.165, 1.54) is 17.0 Å². The van der Waals surface area contributed by atoms with Crippen LogP contribution in [0.5, 0.6) is 0 Å². The number of anilines is 1. The maximum atomic E-state index is 12.3. The molecule has 7 heteroatoms. The summed E-state index contributed by atoms with van der Waals surface area (Å²) < 4.78 is 0. The molecule has 0 atom stereocenters. The van der Waals surface area contributed by atoms with Gasteiger partial charge in [0, 0.05) is 25.7 Å². The summed E-state index contributed by atoms with van der Waals surface area (Å²) in [4.78, 5) is 31.0. The number of nitrogens with zero attached hydrogens (tertiary/aromatic N) is 3. The second-order valence-electron chi connectivity index (χ2n) is 4.50. The van der Waals surface area contributed by atoms with E-state index in [1.54, 1.807) is 11.9 Å². The molecule has 19 heavy (non-hydrogen) atoms. The molecule has 1 aromatic rings. The monoisotopic (exact) mass is 282 g/mol. The molecule has 1 fully saturated rings. The maximum Gasteiger partial charge on any atom is 0.254 e.